The molecule has 0 saturated heterocycles. The number of nitrogens with one attached hydrogen (secondary N) is 1. The van der Waals surface area contributed by atoms with Crippen molar-refractivity contribution in [1.82, 2.24) is 5.32 Å². The van der Waals surface area contributed by atoms with Gasteiger partial charge in [-0.1, -0.05) is 19.1 Å². The topological polar surface area (TPSA) is 47.6 Å². The largest absolute Gasteiger partial charge is 0.465 e. The van der Waals surface area contributed by atoms with Crippen molar-refractivity contribution in [3.63, 3.8) is 0 Å². The third-order valence-electron chi connectivity index (χ3n) is 3.02. The molecule has 1 aromatic rings. The number of alkyl halides is 2. The molecule has 1 N–H and O–H groups in total. The summed E-state index contributed by atoms with van der Waals surface area (Å²) in [6.07, 6.45) is 0.850. The summed E-state index contributed by atoms with van der Waals surface area (Å²) in [4.78, 5) is 12.0. The van der Waals surface area contributed by atoms with Crippen LogP contribution in [-0.2, 0) is 9.53 Å². The predicted molar refractivity (Wildman–Crippen MR) is 75.3 cm³/mol. The maximum atomic E-state index is 12.1. The van der Waals surface area contributed by atoms with Crippen LogP contribution in [0.5, 0.6) is 5.75 Å². The number of halogens is 2. The van der Waals surface area contributed by atoms with Gasteiger partial charge in [0, 0.05) is 6.04 Å². The van der Waals surface area contributed by atoms with Crippen molar-refractivity contribution in [2.45, 2.75) is 45.9 Å². The van der Waals surface area contributed by atoms with Crippen LogP contribution in [0.4, 0.5) is 8.78 Å². The van der Waals surface area contributed by atoms with Gasteiger partial charge in [-0.15, -0.1) is 0 Å². The molecule has 1 rings (SSSR count). The van der Waals surface area contributed by atoms with Gasteiger partial charge in [-0.3, -0.25) is 5.32 Å². The molecule has 0 heterocycles. The Morgan fingerprint density at radius 2 is 1.86 bits per heavy atom. The second-order valence-corrected chi connectivity index (χ2v) is 4.61. The average Bonchev–Trinajstić information content (AvgIpc) is 2.45. The third-order valence-corrected chi connectivity index (χ3v) is 3.02. The Balaban J connectivity index is 2.88. The molecule has 0 radical (unpaired) electrons. The molecule has 6 heteroatoms. The van der Waals surface area contributed by atoms with Crippen molar-refractivity contribution in [1.29, 1.82) is 0 Å². The molecule has 4 nitrogen and oxygen atoms in total. The molecule has 2 unspecified atom stereocenters. The van der Waals surface area contributed by atoms with Crippen LogP contribution < -0.4 is 10.1 Å². The highest BCUT2D eigenvalue weighted by Crippen LogP contribution is 2.21. The van der Waals surface area contributed by atoms with Gasteiger partial charge in [0.25, 0.3) is 0 Å². The molecule has 21 heavy (non-hydrogen) atoms. The monoisotopic (exact) mass is 301 g/mol. The number of hydrogen-bond acceptors (Lipinski definition) is 4. The fourth-order valence-electron chi connectivity index (χ4n) is 1.77. The van der Waals surface area contributed by atoms with E-state index in [0.29, 0.717) is 5.56 Å². The Morgan fingerprint density at radius 3 is 2.33 bits per heavy atom. The van der Waals surface area contributed by atoms with Crippen LogP contribution in [0.1, 0.15) is 38.8 Å². The maximum Gasteiger partial charge on any atom is 0.387 e. The number of carbonyl (C=O) groups excluding carboxylic acids is 1. The molecule has 118 valence electrons. The third kappa shape index (κ3) is 5.67. The normalized spacial score (nSPS) is 13.8. The first-order chi connectivity index (χ1) is 9.97. The van der Waals surface area contributed by atoms with Crippen molar-refractivity contribution in [3.05, 3.63) is 29.8 Å². The highest BCUT2D eigenvalue weighted by molar-refractivity contribution is 5.77. The summed E-state index contributed by atoms with van der Waals surface area (Å²) in [7, 11) is 0. The van der Waals surface area contributed by atoms with Crippen LogP contribution in [0.2, 0.25) is 0 Å². The molecule has 1 aromatic carbocycles. The minimum absolute atomic E-state index is 0.0555. The van der Waals surface area contributed by atoms with Gasteiger partial charge >= 0.3 is 12.6 Å². The van der Waals surface area contributed by atoms with E-state index in [0.717, 1.165) is 6.42 Å². The van der Waals surface area contributed by atoms with Crippen LogP contribution in [0.25, 0.3) is 0 Å². The van der Waals surface area contributed by atoms with E-state index in [9.17, 15) is 13.6 Å². The maximum absolute atomic E-state index is 12.1. The van der Waals surface area contributed by atoms with E-state index in [4.69, 9.17) is 4.74 Å². The molecular weight excluding hydrogens is 280 g/mol. The highest BCUT2D eigenvalue weighted by Gasteiger charge is 2.23. The van der Waals surface area contributed by atoms with Gasteiger partial charge in [-0.2, -0.15) is 8.78 Å². The summed E-state index contributed by atoms with van der Waals surface area (Å²) in [5.74, 6) is -0.333. The van der Waals surface area contributed by atoms with Crippen molar-refractivity contribution < 1.29 is 23.0 Å². The summed E-state index contributed by atoms with van der Waals surface area (Å²) >= 11 is 0. The lowest BCUT2D eigenvalue weighted by molar-refractivity contribution is -0.146. The van der Waals surface area contributed by atoms with Gasteiger partial charge in [0.15, 0.2) is 0 Å². The van der Waals surface area contributed by atoms with E-state index in [1.54, 1.807) is 19.1 Å². The molecule has 0 spiro atoms. The van der Waals surface area contributed by atoms with Crippen LogP contribution in [0.15, 0.2) is 24.3 Å². The molecule has 0 bridgehead atoms. The number of benzene rings is 1. The van der Waals surface area contributed by atoms with Crippen molar-refractivity contribution in [2.75, 3.05) is 6.61 Å². The lowest BCUT2D eigenvalue weighted by Crippen LogP contribution is -2.36. The van der Waals surface area contributed by atoms with Gasteiger partial charge in [0.05, 0.1) is 6.61 Å². The highest BCUT2D eigenvalue weighted by atomic mass is 19.3. The molecule has 0 aromatic heterocycles. The van der Waals surface area contributed by atoms with E-state index < -0.39 is 12.7 Å². The molecule has 0 saturated carbocycles. The summed E-state index contributed by atoms with van der Waals surface area (Å²) in [6, 6.07) is 5.47. The number of ether oxygens (including phenoxy) is 2. The van der Waals surface area contributed by atoms with Crippen molar-refractivity contribution in [3.8, 4) is 5.75 Å². The Hall–Kier alpha value is -1.69. The minimum Gasteiger partial charge on any atom is -0.465 e. The molecule has 0 aliphatic heterocycles. The SMILES string of the molecule is CCOC(=O)C(NC(C)CC)c1ccc(OC(F)F)cc1. The summed E-state index contributed by atoms with van der Waals surface area (Å²) in [5, 5.41) is 3.16. The lowest BCUT2D eigenvalue weighted by Gasteiger charge is -2.21. The van der Waals surface area contributed by atoms with E-state index in [2.05, 4.69) is 10.1 Å². The zero-order valence-electron chi connectivity index (χ0n) is 12.4. The summed E-state index contributed by atoms with van der Waals surface area (Å²) in [6.45, 7) is 3.11. The zero-order chi connectivity index (χ0) is 15.8. The smallest absolute Gasteiger partial charge is 0.387 e. The van der Waals surface area contributed by atoms with Crippen molar-refractivity contribution >= 4 is 5.97 Å². The molecule has 0 fully saturated rings. The molecule has 0 aliphatic carbocycles. The number of esters is 1. The quantitative estimate of drug-likeness (QED) is 0.749. The first kappa shape index (κ1) is 17.4. The molecule has 2 atom stereocenters. The second-order valence-electron chi connectivity index (χ2n) is 4.61. The predicted octanol–water partition coefficient (Wildman–Crippen LogP) is 3.28. The Morgan fingerprint density at radius 1 is 1.24 bits per heavy atom. The van der Waals surface area contributed by atoms with Crippen LogP contribution >= 0.6 is 0 Å². The van der Waals surface area contributed by atoms with Gasteiger partial charge in [-0.05, 0) is 38.0 Å². The van der Waals surface area contributed by atoms with E-state index in [1.807, 2.05) is 13.8 Å². The Labute approximate surface area is 123 Å². The fraction of sp³-hybridized carbons (Fsp3) is 0.533. The number of carbonyl (C=O) groups is 1. The average molecular weight is 301 g/mol. The van der Waals surface area contributed by atoms with Gasteiger partial charge < -0.3 is 9.47 Å². The van der Waals surface area contributed by atoms with Gasteiger partial charge in [0.1, 0.15) is 11.8 Å². The first-order valence-corrected chi connectivity index (χ1v) is 6.95. The lowest BCUT2D eigenvalue weighted by atomic mass is 10.1. The van der Waals surface area contributed by atoms with Crippen LogP contribution in [0, 0.1) is 0 Å². The molecule has 0 amide bonds. The van der Waals surface area contributed by atoms with Crippen LogP contribution in [-0.4, -0.2) is 25.2 Å². The Kier molecular flexibility index (Phi) is 7.08. The second kappa shape index (κ2) is 8.56. The number of rotatable bonds is 8. The minimum atomic E-state index is -2.87. The van der Waals surface area contributed by atoms with E-state index in [-0.39, 0.29) is 24.4 Å². The molecular formula is C15H21F2NO3. The van der Waals surface area contributed by atoms with E-state index >= 15 is 0 Å². The standard InChI is InChI=1S/C15H21F2NO3/c1-4-10(3)18-13(14(19)20-5-2)11-6-8-12(9-7-11)21-15(16)17/h6-10,13,15,18H,4-5H2,1-3H3. The van der Waals surface area contributed by atoms with E-state index in [1.165, 1.54) is 12.1 Å². The summed E-state index contributed by atoms with van der Waals surface area (Å²) in [5.41, 5.74) is 0.648. The summed E-state index contributed by atoms with van der Waals surface area (Å²) < 4.78 is 33.6. The van der Waals surface area contributed by atoms with Gasteiger partial charge in [0.2, 0.25) is 0 Å². The fourth-order valence-corrected chi connectivity index (χ4v) is 1.77. The number of hydrogen-bond donors (Lipinski definition) is 1. The zero-order valence-corrected chi connectivity index (χ0v) is 12.4. The molecule has 0 aliphatic rings. The van der Waals surface area contributed by atoms with Crippen LogP contribution in [0.3, 0.4) is 0 Å². The van der Waals surface area contributed by atoms with Crippen molar-refractivity contribution in [2.24, 2.45) is 0 Å². The Bertz CT molecular complexity index is 437. The first-order valence-electron chi connectivity index (χ1n) is 6.95. The van der Waals surface area contributed by atoms with Gasteiger partial charge in [-0.25, -0.2) is 4.79 Å².